The Kier molecular flexibility index (Phi) is 2.99. The molecule has 1 aromatic carbocycles. The molecule has 2 atom stereocenters. The Labute approximate surface area is 87.4 Å². The second-order valence-electron chi connectivity index (χ2n) is 3.33. The van der Waals surface area contributed by atoms with Crippen molar-refractivity contribution >= 4 is 5.97 Å². The number of carbonyl (C=O) groups is 1. The first-order valence-electron chi connectivity index (χ1n) is 4.80. The fourth-order valence-corrected chi connectivity index (χ4v) is 1.64. The van der Waals surface area contributed by atoms with Crippen LogP contribution in [0.4, 0.5) is 0 Å². The third-order valence-electron chi connectivity index (χ3n) is 2.32. The van der Waals surface area contributed by atoms with Crippen molar-refractivity contribution in [2.24, 2.45) is 0 Å². The van der Waals surface area contributed by atoms with Crippen LogP contribution in [0.25, 0.3) is 0 Å². The Morgan fingerprint density at radius 1 is 1.20 bits per heavy atom. The number of carboxylic acids is 1. The van der Waals surface area contributed by atoms with Gasteiger partial charge >= 0.3 is 5.97 Å². The lowest BCUT2D eigenvalue weighted by Crippen LogP contribution is -2.38. The highest BCUT2D eigenvalue weighted by Crippen LogP contribution is 2.26. The van der Waals surface area contributed by atoms with Crippen molar-refractivity contribution in [3.63, 3.8) is 0 Å². The van der Waals surface area contributed by atoms with Crippen molar-refractivity contribution in [2.45, 2.75) is 12.2 Å². The Hall–Kier alpha value is -1.39. The predicted octanol–water partition coefficient (Wildman–Crippen LogP) is 1.23. The molecule has 2 unspecified atom stereocenters. The van der Waals surface area contributed by atoms with Crippen LogP contribution in [-0.4, -0.2) is 30.4 Å². The summed E-state index contributed by atoms with van der Waals surface area (Å²) in [5, 5.41) is 8.96. The minimum absolute atomic E-state index is 0.334. The number of carboxylic acid groups (broad SMARTS) is 1. The zero-order valence-corrected chi connectivity index (χ0v) is 8.13. The van der Waals surface area contributed by atoms with Gasteiger partial charge in [-0.1, -0.05) is 30.3 Å². The van der Waals surface area contributed by atoms with Crippen LogP contribution in [0.5, 0.6) is 0 Å². The molecule has 1 heterocycles. The largest absolute Gasteiger partial charge is 0.479 e. The van der Waals surface area contributed by atoms with Gasteiger partial charge in [0.05, 0.1) is 13.2 Å². The average Bonchev–Trinajstić information content (AvgIpc) is 2.30. The van der Waals surface area contributed by atoms with E-state index in [0.29, 0.717) is 13.2 Å². The highest BCUT2D eigenvalue weighted by molar-refractivity contribution is 5.73. The summed E-state index contributed by atoms with van der Waals surface area (Å²) in [4.78, 5) is 10.9. The van der Waals surface area contributed by atoms with Crippen LogP contribution in [0.2, 0.25) is 0 Å². The minimum atomic E-state index is -0.983. The van der Waals surface area contributed by atoms with E-state index in [1.54, 1.807) is 0 Å². The molecule has 80 valence electrons. The second-order valence-corrected chi connectivity index (χ2v) is 3.33. The summed E-state index contributed by atoms with van der Waals surface area (Å²) in [6.45, 7) is 0.768. The lowest BCUT2D eigenvalue weighted by Gasteiger charge is -2.29. The van der Waals surface area contributed by atoms with E-state index in [-0.39, 0.29) is 0 Å². The van der Waals surface area contributed by atoms with E-state index >= 15 is 0 Å². The van der Waals surface area contributed by atoms with Crippen LogP contribution in [0.15, 0.2) is 30.3 Å². The fraction of sp³-hybridized carbons (Fsp3) is 0.364. The van der Waals surface area contributed by atoms with Crippen molar-refractivity contribution in [1.29, 1.82) is 0 Å². The Balaban J connectivity index is 2.22. The van der Waals surface area contributed by atoms with Gasteiger partial charge in [0.15, 0.2) is 6.10 Å². The molecule has 1 aromatic rings. The van der Waals surface area contributed by atoms with Gasteiger partial charge in [0.2, 0.25) is 0 Å². The van der Waals surface area contributed by atoms with E-state index in [1.807, 2.05) is 30.3 Å². The smallest absolute Gasteiger partial charge is 0.335 e. The van der Waals surface area contributed by atoms with Gasteiger partial charge in [-0.25, -0.2) is 4.79 Å². The average molecular weight is 208 g/mol. The van der Waals surface area contributed by atoms with Crippen molar-refractivity contribution in [3.05, 3.63) is 35.9 Å². The summed E-state index contributed by atoms with van der Waals surface area (Å²) in [7, 11) is 0. The normalized spacial score (nSPS) is 26.1. The number of ether oxygens (including phenoxy) is 2. The SMILES string of the molecule is O=C(O)C1OCCOC1c1ccccc1. The van der Waals surface area contributed by atoms with Crippen LogP contribution in [0.1, 0.15) is 11.7 Å². The number of rotatable bonds is 2. The first kappa shape index (κ1) is 10.1. The van der Waals surface area contributed by atoms with Gasteiger partial charge in [-0.2, -0.15) is 0 Å². The number of hydrogen-bond donors (Lipinski definition) is 1. The molecule has 0 spiro atoms. The molecule has 4 heteroatoms. The molecule has 2 rings (SSSR count). The van der Waals surface area contributed by atoms with Crippen molar-refractivity contribution in [1.82, 2.24) is 0 Å². The van der Waals surface area contributed by atoms with Gasteiger partial charge in [-0.05, 0) is 5.56 Å². The topological polar surface area (TPSA) is 55.8 Å². The molecule has 4 nitrogen and oxygen atoms in total. The highest BCUT2D eigenvalue weighted by atomic mass is 16.6. The minimum Gasteiger partial charge on any atom is -0.479 e. The maximum absolute atomic E-state index is 10.9. The number of hydrogen-bond acceptors (Lipinski definition) is 3. The van der Waals surface area contributed by atoms with E-state index in [1.165, 1.54) is 0 Å². The Bertz CT molecular complexity index is 336. The summed E-state index contributed by atoms with van der Waals surface area (Å²) in [5.74, 6) is -0.983. The molecule has 1 aliphatic heterocycles. The third-order valence-corrected chi connectivity index (χ3v) is 2.32. The molecule has 0 radical (unpaired) electrons. The van der Waals surface area contributed by atoms with Gasteiger partial charge < -0.3 is 14.6 Å². The van der Waals surface area contributed by atoms with Crippen molar-refractivity contribution in [2.75, 3.05) is 13.2 Å². The second kappa shape index (κ2) is 4.42. The molecule has 0 saturated carbocycles. The fourth-order valence-electron chi connectivity index (χ4n) is 1.64. The first-order valence-corrected chi connectivity index (χ1v) is 4.80. The Morgan fingerprint density at radius 2 is 1.87 bits per heavy atom. The van der Waals surface area contributed by atoms with Gasteiger partial charge in [0.1, 0.15) is 6.10 Å². The molecule has 1 fully saturated rings. The summed E-state index contributed by atoms with van der Waals surface area (Å²) < 4.78 is 10.6. The predicted molar refractivity (Wildman–Crippen MR) is 52.5 cm³/mol. The van der Waals surface area contributed by atoms with Crippen LogP contribution < -0.4 is 0 Å². The maximum Gasteiger partial charge on any atom is 0.335 e. The Morgan fingerprint density at radius 3 is 2.53 bits per heavy atom. The van der Waals surface area contributed by atoms with Crippen LogP contribution >= 0.6 is 0 Å². The highest BCUT2D eigenvalue weighted by Gasteiger charge is 2.33. The summed E-state index contributed by atoms with van der Waals surface area (Å²) in [6, 6.07) is 9.27. The maximum atomic E-state index is 10.9. The van der Waals surface area contributed by atoms with Gasteiger partial charge in [-0.15, -0.1) is 0 Å². The van der Waals surface area contributed by atoms with E-state index in [4.69, 9.17) is 14.6 Å². The molecule has 1 N–H and O–H groups in total. The molecular weight excluding hydrogens is 196 g/mol. The molecule has 1 saturated heterocycles. The quantitative estimate of drug-likeness (QED) is 0.794. The van der Waals surface area contributed by atoms with Gasteiger partial charge in [0, 0.05) is 0 Å². The standard InChI is InChI=1S/C11H12O4/c12-11(13)10-9(14-6-7-15-10)8-4-2-1-3-5-8/h1-5,9-10H,6-7H2,(H,12,13). The van der Waals surface area contributed by atoms with Gasteiger partial charge in [0.25, 0.3) is 0 Å². The van der Waals surface area contributed by atoms with E-state index in [0.717, 1.165) is 5.56 Å². The molecule has 0 bridgehead atoms. The molecular formula is C11H12O4. The first-order chi connectivity index (χ1) is 7.29. The van der Waals surface area contributed by atoms with Crippen molar-refractivity contribution < 1.29 is 19.4 Å². The molecule has 0 aliphatic carbocycles. The monoisotopic (exact) mass is 208 g/mol. The summed E-state index contributed by atoms with van der Waals surface area (Å²) >= 11 is 0. The molecule has 0 amide bonds. The van der Waals surface area contributed by atoms with Crippen molar-refractivity contribution in [3.8, 4) is 0 Å². The zero-order valence-electron chi connectivity index (χ0n) is 8.13. The van der Waals surface area contributed by atoms with E-state index in [9.17, 15) is 4.79 Å². The van der Waals surface area contributed by atoms with Crippen LogP contribution in [0.3, 0.4) is 0 Å². The third kappa shape index (κ3) is 2.16. The lowest BCUT2D eigenvalue weighted by molar-refractivity contribution is -0.181. The van der Waals surface area contributed by atoms with Crippen LogP contribution in [0, 0.1) is 0 Å². The summed E-state index contributed by atoms with van der Waals surface area (Å²) in [5.41, 5.74) is 0.838. The summed E-state index contributed by atoms with van der Waals surface area (Å²) in [6.07, 6.45) is -1.40. The van der Waals surface area contributed by atoms with E-state index in [2.05, 4.69) is 0 Å². The number of benzene rings is 1. The van der Waals surface area contributed by atoms with Crippen LogP contribution in [-0.2, 0) is 14.3 Å². The lowest BCUT2D eigenvalue weighted by atomic mass is 10.0. The molecule has 0 aromatic heterocycles. The number of aliphatic carboxylic acids is 1. The molecule has 1 aliphatic rings. The zero-order chi connectivity index (χ0) is 10.7. The molecule has 15 heavy (non-hydrogen) atoms. The van der Waals surface area contributed by atoms with E-state index < -0.39 is 18.2 Å². The van der Waals surface area contributed by atoms with Gasteiger partial charge in [-0.3, -0.25) is 0 Å².